The Morgan fingerprint density at radius 1 is 1.38 bits per heavy atom. The highest BCUT2D eigenvalue weighted by molar-refractivity contribution is 7.53. The fourth-order valence-electron chi connectivity index (χ4n) is 1.28. The zero-order valence-corrected chi connectivity index (χ0v) is 10.7. The van der Waals surface area contributed by atoms with E-state index in [1.165, 1.54) is 14.2 Å². The molecule has 0 saturated carbocycles. The highest BCUT2D eigenvalue weighted by Crippen LogP contribution is 2.49. The molecule has 4 nitrogen and oxygen atoms in total. The van der Waals surface area contributed by atoms with Crippen LogP contribution in [0.5, 0.6) is 0 Å². The second kappa shape index (κ2) is 5.80. The van der Waals surface area contributed by atoms with Crippen LogP contribution in [0.15, 0.2) is 24.3 Å². The number of hydrogen-bond acceptors (Lipinski definition) is 4. The van der Waals surface area contributed by atoms with E-state index in [4.69, 9.17) is 20.6 Å². The molecular weight excluding hydrogens is 251 g/mol. The molecular formula is C10H14ClO4P. The van der Waals surface area contributed by atoms with Crippen molar-refractivity contribution in [3.05, 3.63) is 34.9 Å². The molecule has 1 unspecified atom stereocenters. The third kappa shape index (κ3) is 3.30. The summed E-state index contributed by atoms with van der Waals surface area (Å²) in [6.07, 6.45) is -1.09. The third-order valence-corrected chi connectivity index (χ3v) is 4.47. The summed E-state index contributed by atoms with van der Waals surface area (Å²) in [5.41, 5.74) is 0.512. The molecule has 1 aromatic rings. The van der Waals surface area contributed by atoms with Gasteiger partial charge in [0.1, 0.15) is 0 Å². The standard InChI is InChI=1S/C10H14ClO4P/c1-14-16(13,15-2)7-10(12)8-5-3-4-6-9(8)11/h3-6,10,12H,7H2,1-2H3. The van der Waals surface area contributed by atoms with Crippen LogP contribution in [-0.2, 0) is 13.6 Å². The average Bonchev–Trinajstić information content (AvgIpc) is 2.29. The van der Waals surface area contributed by atoms with E-state index >= 15 is 0 Å². The molecule has 0 fully saturated rings. The van der Waals surface area contributed by atoms with Crippen molar-refractivity contribution in [2.75, 3.05) is 20.4 Å². The molecule has 0 spiro atoms. The fraction of sp³-hybridized carbons (Fsp3) is 0.400. The summed E-state index contributed by atoms with van der Waals surface area (Å²) in [4.78, 5) is 0. The second-order valence-electron chi connectivity index (χ2n) is 3.20. The highest BCUT2D eigenvalue weighted by atomic mass is 35.5. The van der Waals surface area contributed by atoms with Crippen LogP contribution in [-0.4, -0.2) is 25.5 Å². The predicted molar refractivity (Wildman–Crippen MR) is 62.9 cm³/mol. The number of halogens is 1. The van der Waals surface area contributed by atoms with Crippen LogP contribution in [0.25, 0.3) is 0 Å². The van der Waals surface area contributed by atoms with E-state index in [-0.39, 0.29) is 6.16 Å². The highest BCUT2D eigenvalue weighted by Gasteiger charge is 2.27. The van der Waals surface area contributed by atoms with Gasteiger partial charge in [-0.25, -0.2) is 0 Å². The van der Waals surface area contributed by atoms with Gasteiger partial charge in [-0.1, -0.05) is 29.8 Å². The first-order valence-electron chi connectivity index (χ1n) is 4.65. The van der Waals surface area contributed by atoms with Crippen molar-refractivity contribution in [2.24, 2.45) is 0 Å². The molecule has 0 radical (unpaired) electrons. The Morgan fingerprint density at radius 2 is 1.94 bits per heavy atom. The Labute approximate surface area is 99.7 Å². The van der Waals surface area contributed by atoms with Gasteiger partial charge in [-0.15, -0.1) is 0 Å². The molecule has 0 aliphatic heterocycles. The number of hydrogen-bond donors (Lipinski definition) is 1. The molecule has 0 heterocycles. The Balaban J connectivity index is 2.84. The number of rotatable bonds is 5. The van der Waals surface area contributed by atoms with E-state index in [1.54, 1.807) is 24.3 Å². The molecule has 90 valence electrons. The largest absolute Gasteiger partial charge is 0.388 e. The van der Waals surface area contributed by atoms with Gasteiger partial charge in [0.2, 0.25) is 0 Å². The van der Waals surface area contributed by atoms with Gasteiger partial charge < -0.3 is 14.2 Å². The van der Waals surface area contributed by atoms with Gasteiger partial charge in [-0.3, -0.25) is 4.57 Å². The van der Waals surface area contributed by atoms with Crippen LogP contribution >= 0.6 is 19.2 Å². The maximum Gasteiger partial charge on any atom is 0.333 e. The average molecular weight is 265 g/mol. The zero-order valence-electron chi connectivity index (χ0n) is 9.09. The van der Waals surface area contributed by atoms with Gasteiger partial charge in [0.15, 0.2) is 0 Å². The van der Waals surface area contributed by atoms with Crippen LogP contribution in [0.2, 0.25) is 5.02 Å². The minimum Gasteiger partial charge on any atom is -0.388 e. The Kier molecular flexibility index (Phi) is 4.96. The summed E-state index contributed by atoms with van der Waals surface area (Å²) in [5, 5.41) is 10.3. The van der Waals surface area contributed by atoms with E-state index in [2.05, 4.69) is 0 Å². The molecule has 0 bridgehead atoms. The van der Waals surface area contributed by atoms with Crippen molar-refractivity contribution in [2.45, 2.75) is 6.10 Å². The predicted octanol–water partition coefficient (Wildman–Crippen LogP) is 2.86. The first-order valence-corrected chi connectivity index (χ1v) is 6.76. The van der Waals surface area contributed by atoms with Crippen molar-refractivity contribution in [1.29, 1.82) is 0 Å². The van der Waals surface area contributed by atoms with Crippen LogP contribution < -0.4 is 0 Å². The van der Waals surface area contributed by atoms with E-state index in [1.807, 2.05) is 0 Å². The Morgan fingerprint density at radius 3 is 2.44 bits per heavy atom. The molecule has 6 heteroatoms. The van der Waals surface area contributed by atoms with Crippen molar-refractivity contribution in [3.63, 3.8) is 0 Å². The lowest BCUT2D eigenvalue weighted by Gasteiger charge is -2.18. The summed E-state index contributed by atoms with van der Waals surface area (Å²) < 4.78 is 21.3. The van der Waals surface area contributed by atoms with E-state index in [0.29, 0.717) is 10.6 Å². The van der Waals surface area contributed by atoms with Crippen molar-refractivity contribution in [3.8, 4) is 0 Å². The summed E-state index contributed by atoms with van der Waals surface area (Å²) in [7, 11) is -0.669. The molecule has 1 aromatic carbocycles. The molecule has 1 atom stereocenters. The van der Waals surface area contributed by atoms with E-state index in [0.717, 1.165) is 0 Å². The molecule has 1 rings (SSSR count). The molecule has 0 saturated heterocycles. The molecule has 0 aliphatic rings. The van der Waals surface area contributed by atoms with Gasteiger partial charge in [0.05, 0.1) is 12.3 Å². The molecule has 0 amide bonds. The van der Waals surface area contributed by atoms with Crippen LogP contribution in [0.1, 0.15) is 11.7 Å². The van der Waals surface area contributed by atoms with Gasteiger partial charge in [-0.05, 0) is 11.6 Å². The lowest BCUT2D eigenvalue weighted by Crippen LogP contribution is -2.07. The van der Waals surface area contributed by atoms with E-state index < -0.39 is 13.7 Å². The van der Waals surface area contributed by atoms with Gasteiger partial charge in [0, 0.05) is 19.2 Å². The first kappa shape index (κ1) is 13.7. The minimum absolute atomic E-state index is 0.121. The second-order valence-corrected chi connectivity index (χ2v) is 5.92. The minimum atomic E-state index is -3.23. The summed E-state index contributed by atoms with van der Waals surface area (Å²) in [5.74, 6) is 0. The molecule has 16 heavy (non-hydrogen) atoms. The molecule has 0 aromatic heterocycles. The summed E-state index contributed by atoms with van der Waals surface area (Å²) in [6, 6.07) is 6.83. The smallest absolute Gasteiger partial charge is 0.333 e. The van der Waals surface area contributed by atoms with Crippen LogP contribution in [0.4, 0.5) is 0 Å². The zero-order chi connectivity index (χ0) is 12.2. The topological polar surface area (TPSA) is 55.8 Å². The van der Waals surface area contributed by atoms with Crippen molar-refractivity contribution in [1.82, 2.24) is 0 Å². The summed E-state index contributed by atoms with van der Waals surface area (Å²) >= 11 is 5.90. The van der Waals surface area contributed by atoms with Gasteiger partial charge >= 0.3 is 7.60 Å². The number of benzene rings is 1. The third-order valence-electron chi connectivity index (χ3n) is 2.22. The summed E-state index contributed by atoms with van der Waals surface area (Å²) in [6.45, 7) is 0. The number of aliphatic hydroxyl groups is 1. The number of aliphatic hydroxyl groups excluding tert-OH is 1. The lowest BCUT2D eigenvalue weighted by molar-refractivity contribution is 0.184. The van der Waals surface area contributed by atoms with Gasteiger partial charge in [0.25, 0.3) is 0 Å². The fourth-order valence-corrected chi connectivity index (χ4v) is 2.61. The van der Waals surface area contributed by atoms with E-state index in [9.17, 15) is 9.67 Å². The quantitative estimate of drug-likeness (QED) is 0.831. The Bertz CT molecular complexity index is 388. The van der Waals surface area contributed by atoms with Crippen molar-refractivity contribution < 1.29 is 18.7 Å². The SMILES string of the molecule is COP(=O)(CC(O)c1ccccc1Cl)OC. The van der Waals surface area contributed by atoms with Crippen molar-refractivity contribution >= 4 is 19.2 Å². The maximum atomic E-state index is 11.8. The van der Waals surface area contributed by atoms with Gasteiger partial charge in [-0.2, -0.15) is 0 Å². The lowest BCUT2D eigenvalue weighted by atomic mass is 10.1. The molecule has 0 aliphatic carbocycles. The monoisotopic (exact) mass is 264 g/mol. The van der Waals surface area contributed by atoms with Crippen LogP contribution in [0, 0.1) is 0 Å². The Hall–Kier alpha value is -0.380. The maximum absolute atomic E-state index is 11.8. The van der Waals surface area contributed by atoms with Crippen LogP contribution in [0.3, 0.4) is 0 Å². The molecule has 1 N–H and O–H groups in total. The normalized spacial score (nSPS) is 13.8. The first-order chi connectivity index (χ1) is 7.52.